The van der Waals surface area contributed by atoms with Crippen LogP contribution < -0.4 is 5.43 Å². The van der Waals surface area contributed by atoms with E-state index in [0.29, 0.717) is 0 Å². The highest BCUT2D eigenvalue weighted by Crippen LogP contribution is 2.13. The minimum atomic E-state index is -0.264. The molecule has 0 atom stereocenters. The third-order valence-electron chi connectivity index (χ3n) is 2.75. The van der Waals surface area contributed by atoms with Crippen LogP contribution in [0.1, 0.15) is 5.69 Å². The number of rotatable bonds is 2. The van der Waals surface area contributed by atoms with Crippen molar-refractivity contribution >= 4 is 12.2 Å². The number of nitrogens with one attached hydrogen (secondary N) is 1. The van der Waals surface area contributed by atoms with Crippen molar-refractivity contribution in [2.24, 2.45) is 0 Å². The molecule has 0 aliphatic heterocycles. The summed E-state index contributed by atoms with van der Waals surface area (Å²) < 4.78 is 6.81. The fraction of sp³-hybridized carbons (Fsp3) is 0.0769. The summed E-state index contributed by atoms with van der Waals surface area (Å²) >= 11 is 4.81. The van der Waals surface area contributed by atoms with E-state index in [1.165, 1.54) is 6.07 Å². The highest BCUT2D eigenvalue weighted by molar-refractivity contribution is 7.71. The fourth-order valence-corrected chi connectivity index (χ4v) is 1.98. The van der Waals surface area contributed by atoms with E-state index in [4.69, 9.17) is 16.6 Å². The maximum atomic E-state index is 12.0. The Bertz CT molecular complexity index is 864. The van der Waals surface area contributed by atoms with Gasteiger partial charge in [-0.05, 0) is 31.3 Å². The van der Waals surface area contributed by atoms with Crippen molar-refractivity contribution in [1.29, 1.82) is 0 Å². The molecular formula is C13H10N4O2S. The Morgan fingerprint density at radius 2 is 2.05 bits per heavy atom. The Labute approximate surface area is 118 Å². The summed E-state index contributed by atoms with van der Waals surface area (Å²) in [6, 6.07) is 11.0. The molecule has 0 unspecified atom stereocenters. The van der Waals surface area contributed by atoms with Gasteiger partial charge in [-0.3, -0.25) is 4.79 Å². The van der Waals surface area contributed by atoms with Gasteiger partial charge in [-0.1, -0.05) is 18.2 Å². The zero-order chi connectivity index (χ0) is 14.1. The van der Waals surface area contributed by atoms with E-state index in [9.17, 15) is 4.79 Å². The van der Waals surface area contributed by atoms with Crippen LogP contribution in [0.3, 0.4) is 0 Å². The molecule has 6 nitrogen and oxygen atoms in total. The van der Waals surface area contributed by atoms with Gasteiger partial charge in [0.1, 0.15) is 0 Å². The second kappa shape index (κ2) is 4.86. The SMILES string of the molecule is Cc1cc(=O)c(-c2n[nH]c(=S)o2)nn1-c1ccccc1. The second-order valence-electron chi connectivity index (χ2n) is 4.16. The zero-order valence-electron chi connectivity index (χ0n) is 10.5. The highest BCUT2D eigenvalue weighted by atomic mass is 32.1. The van der Waals surface area contributed by atoms with Gasteiger partial charge in [0, 0.05) is 11.8 Å². The Balaban J connectivity index is 2.23. The number of para-hydroxylation sites is 1. The molecule has 100 valence electrons. The van der Waals surface area contributed by atoms with Crippen LogP contribution >= 0.6 is 12.2 Å². The molecule has 1 aromatic carbocycles. The number of benzene rings is 1. The minimum Gasteiger partial charge on any atom is -0.407 e. The summed E-state index contributed by atoms with van der Waals surface area (Å²) in [5.41, 5.74) is 1.42. The monoisotopic (exact) mass is 286 g/mol. The van der Waals surface area contributed by atoms with Crippen molar-refractivity contribution in [3.8, 4) is 17.3 Å². The number of hydrogen-bond donors (Lipinski definition) is 1. The van der Waals surface area contributed by atoms with Crippen molar-refractivity contribution < 1.29 is 4.42 Å². The molecule has 7 heteroatoms. The van der Waals surface area contributed by atoms with Gasteiger partial charge < -0.3 is 4.42 Å². The molecule has 2 aromatic heterocycles. The second-order valence-corrected chi connectivity index (χ2v) is 4.53. The lowest BCUT2D eigenvalue weighted by atomic mass is 10.3. The van der Waals surface area contributed by atoms with E-state index in [-0.39, 0.29) is 21.9 Å². The zero-order valence-corrected chi connectivity index (χ0v) is 11.3. The first-order valence-electron chi connectivity index (χ1n) is 5.87. The molecule has 3 aromatic rings. The molecule has 0 amide bonds. The Morgan fingerprint density at radius 1 is 1.30 bits per heavy atom. The standard InChI is InChI=1S/C13H10N4O2S/c1-8-7-10(18)11(12-14-15-13(20)19-12)16-17(8)9-5-3-2-4-6-9/h2-7H,1H3,(H,15,20). The highest BCUT2D eigenvalue weighted by Gasteiger charge is 2.14. The predicted octanol–water partition coefficient (Wildman–Crippen LogP) is 2.25. The van der Waals surface area contributed by atoms with E-state index in [2.05, 4.69) is 15.3 Å². The quantitative estimate of drug-likeness (QED) is 0.731. The molecule has 0 saturated carbocycles. The van der Waals surface area contributed by atoms with Gasteiger partial charge in [0.05, 0.1) is 5.69 Å². The maximum absolute atomic E-state index is 12.0. The van der Waals surface area contributed by atoms with Crippen LogP contribution in [0.15, 0.2) is 45.6 Å². The molecule has 20 heavy (non-hydrogen) atoms. The number of aromatic amines is 1. The lowest BCUT2D eigenvalue weighted by Crippen LogP contribution is -2.16. The van der Waals surface area contributed by atoms with Crippen molar-refractivity contribution in [3.63, 3.8) is 0 Å². The van der Waals surface area contributed by atoms with Crippen molar-refractivity contribution in [3.05, 3.63) is 57.2 Å². The van der Waals surface area contributed by atoms with Gasteiger partial charge in [-0.25, -0.2) is 9.78 Å². The molecule has 0 spiro atoms. The molecule has 2 heterocycles. The smallest absolute Gasteiger partial charge is 0.284 e. The molecule has 0 aliphatic rings. The summed E-state index contributed by atoms with van der Waals surface area (Å²) in [6.45, 7) is 1.81. The molecule has 0 saturated heterocycles. The van der Waals surface area contributed by atoms with Gasteiger partial charge in [-0.15, -0.1) is 5.10 Å². The summed E-state index contributed by atoms with van der Waals surface area (Å²) in [5, 5.41) is 10.6. The topological polar surface area (TPSA) is 76.7 Å². The molecule has 0 fully saturated rings. The van der Waals surface area contributed by atoms with Crippen LogP contribution in [-0.2, 0) is 0 Å². The van der Waals surface area contributed by atoms with Crippen molar-refractivity contribution in [1.82, 2.24) is 20.0 Å². The first kappa shape index (κ1) is 12.5. The molecule has 0 radical (unpaired) electrons. The van der Waals surface area contributed by atoms with E-state index < -0.39 is 0 Å². The Hall–Kier alpha value is -2.54. The van der Waals surface area contributed by atoms with Gasteiger partial charge in [0.2, 0.25) is 5.43 Å². The maximum Gasteiger partial charge on any atom is 0.284 e. The molecular weight excluding hydrogens is 276 g/mol. The summed E-state index contributed by atoms with van der Waals surface area (Å²) in [6.07, 6.45) is 0. The van der Waals surface area contributed by atoms with Crippen LogP contribution in [0.5, 0.6) is 0 Å². The molecule has 3 rings (SSSR count). The Morgan fingerprint density at radius 3 is 2.70 bits per heavy atom. The number of nitrogens with zero attached hydrogens (tertiary/aromatic N) is 3. The first-order valence-corrected chi connectivity index (χ1v) is 6.28. The van der Waals surface area contributed by atoms with Crippen LogP contribution in [0, 0.1) is 11.8 Å². The van der Waals surface area contributed by atoms with Crippen LogP contribution in [0.4, 0.5) is 0 Å². The van der Waals surface area contributed by atoms with Crippen LogP contribution in [0.25, 0.3) is 17.3 Å². The van der Waals surface area contributed by atoms with E-state index >= 15 is 0 Å². The summed E-state index contributed by atoms with van der Waals surface area (Å²) in [5.74, 6) is 0.0877. The number of H-pyrrole nitrogens is 1. The van der Waals surface area contributed by atoms with Crippen LogP contribution in [0.2, 0.25) is 0 Å². The third kappa shape index (κ3) is 2.19. The lowest BCUT2D eigenvalue weighted by Gasteiger charge is -2.09. The van der Waals surface area contributed by atoms with Crippen molar-refractivity contribution in [2.75, 3.05) is 0 Å². The Kier molecular flexibility index (Phi) is 3.03. The molecule has 0 aliphatic carbocycles. The number of hydrogen-bond acceptors (Lipinski definition) is 5. The van der Waals surface area contributed by atoms with Crippen molar-refractivity contribution in [2.45, 2.75) is 6.92 Å². The van der Waals surface area contributed by atoms with E-state index in [1.807, 2.05) is 37.3 Å². The molecule has 0 bridgehead atoms. The fourth-order valence-electron chi connectivity index (χ4n) is 1.86. The average molecular weight is 286 g/mol. The molecule has 1 N–H and O–H groups in total. The summed E-state index contributed by atoms with van der Waals surface area (Å²) in [4.78, 5) is 12.1. The minimum absolute atomic E-state index is 0.0877. The summed E-state index contributed by atoms with van der Waals surface area (Å²) in [7, 11) is 0. The van der Waals surface area contributed by atoms with Gasteiger partial charge in [0.15, 0.2) is 5.69 Å². The lowest BCUT2D eigenvalue weighted by molar-refractivity contribution is 0.546. The normalized spacial score (nSPS) is 10.7. The predicted molar refractivity (Wildman–Crippen MR) is 75.3 cm³/mol. The van der Waals surface area contributed by atoms with Gasteiger partial charge in [0.25, 0.3) is 10.7 Å². The van der Waals surface area contributed by atoms with E-state index in [0.717, 1.165) is 11.4 Å². The third-order valence-corrected chi connectivity index (χ3v) is 2.92. The van der Waals surface area contributed by atoms with Gasteiger partial charge >= 0.3 is 0 Å². The number of aromatic nitrogens is 4. The number of aryl methyl sites for hydroxylation is 1. The largest absolute Gasteiger partial charge is 0.407 e. The van der Waals surface area contributed by atoms with Crippen LogP contribution in [-0.4, -0.2) is 20.0 Å². The first-order chi connectivity index (χ1) is 9.65. The average Bonchev–Trinajstić information content (AvgIpc) is 2.86. The van der Waals surface area contributed by atoms with Gasteiger partial charge in [-0.2, -0.15) is 5.10 Å². The van der Waals surface area contributed by atoms with E-state index in [1.54, 1.807) is 4.68 Å².